The van der Waals surface area contributed by atoms with Gasteiger partial charge in [0.25, 0.3) is 0 Å². The van der Waals surface area contributed by atoms with E-state index in [4.69, 9.17) is 0 Å². The third kappa shape index (κ3) is 1.71. The molecule has 1 aromatic rings. The van der Waals surface area contributed by atoms with E-state index in [2.05, 4.69) is 35.3 Å². The number of hydrogen-bond acceptors (Lipinski definition) is 2. The number of rotatable bonds is 1. The second-order valence-corrected chi connectivity index (χ2v) is 5.00. The van der Waals surface area contributed by atoms with Crippen LogP contribution in [-0.4, -0.2) is 19.6 Å². The summed E-state index contributed by atoms with van der Waals surface area (Å²) >= 11 is 0. The lowest BCUT2D eigenvalue weighted by atomic mass is 9.94. The van der Waals surface area contributed by atoms with Gasteiger partial charge in [-0.1, -0.05) is 6.07 Å². The molecule has 16 heavy (non-hydrogen) atoms. The van der Waals surface area contributed by atoms with Crippen LogP contribution in [0.5, 0.6) is 0 Å². The minimum Gasteiger partial charge on any atom is -0.372 e. The zero-order chi connectivity index (χ0) is 11.0. The summed E-state index contributed by atoms with van der Waals surface area (Å²) < 4.78 is 0. The average molecular weight is 216 g/mol. The maximum Gasteiger partial charge on any atom is 0.0369 e. The molecule has 2 nitrogen and oxygen atoms in total. The highest BCUT2D eigenvalue weighted by Gasteiger charge is 2.18. The third-order valence-corrected chi connectivity index (χ3v) is 3.91. The van der Waals surface area contributed by atoms with Crippen LogP contribution in [0, 0.1) is 0 Å². The molecule has 0 bridgehead atoms. The molecule has 0 spiro atoms. The van der Waals surface area contributed by atoms with E-state index >= 15 is 0 Å². The van der Waals surface area contributed by atoms with E-state index in [1.54, 1.807) is 0 Å². The van der Waals surface area contributed by atoms with Crippen molar-refractivity contribution in [1.29, 1.82) is 0 Å². The van der Waals surface area contributed by atoms with Crippen molar-refractivity contribution in [1.82, 2.24) is 5.32 Å². The van der Waals surface area contributed by atoms with E-state index in [0.29, 0.717) is 6.04 Å². The molecule has 0 saturated carbocycles. The van der Waals surface area contributed by atoms with Crippen molar-refractivity contribution < 1.29 is 0 Å². The molecule has 2 heterocycles. The summed E-state index contributed by atoms with van der Waals surface area (Å²) in [6, 6.07) is 7.56. The number of fused-ring (bicyclic) bond motifs is 1. The summed E-state index contributed by atoms with van der Waals surface area (Å²) in [4.78, 5) is 2.52. The first-order valence-electron chi connectivity index (χ1n) is 6.46. The predicted molar refractivity (Wildman–Crippen MR) is 68.0 cm³/mol. The van der Waals surface area contributed by atoms with E-state index in [-0.39, 0.29) is 0 Å². The van der Waals surface area contributed by atoms with Gasteiger partial charge in [-0.2, -0.15) is 0 Å². The smallest absolute Gasteiger partial charge is 0.0369 e. The largest absolute Gasteiger partial charge is 0.372 e. The number of nitrogens with one attached hydrogen (secondary N) is 1. The Kier molecular flexibility index (Phi) is 2.60. The van der Waals surface area contributed by atoms with E-state index in [1.807, 2.05) is 0 Å². The molecule has 0 aliphatic carbocycles. The summed E-state index contributed by atoms with van der Waals surface area (Å²) in [5.74, 6) is 0. The molecule has 0 amide bonds. The molecule has 2 aliphatic heterocycles. The molecule has 1 aromatic carbocycles. The zero-order valence-electron chi connectivity index (χ0n) is 10.00. The van der Waals surface area contributed by atoms with Gasteiger partial charge in [0.15, 0.2) is 0 Å². The third-order valence-electron chi connectivity index (χ3n) is 3.91. The van der Waals surface area contributed by atoms with Crippen LogP contribution in [0.15, 0.2) is 18.2 Å². The highest BCUT2D eigenvalue weighted by molar-refractivity contribution is 5.53. The molecule has 0 radical (unpaired) electrons. The lowest BCUT2D eigenvalue weighted by Gasteiger charge is -2.26. The van der Waals surface area contributed by atoms with E-state index in [0.717, 1.165) is 6.54 Å². The van der Waals surface area contributed by atoms with Crippen molar-refractivity contribution in [2.75, 3.05) is 24.5 Å². The second-order valence-electron chi connectivity index (χ2n) is 5.00. The van der Waals surface area contributed by atoms with Gasteiger partial charge < -0.3 is 10.2 Å². The summed E-state index contributed by atoms with van der Waals surface area (Å²) in [6.45, 7) is 5.87. The quantitative estimate of drug-likeness (QED) is 0.776. The van der Waals surface area contributed by atoms with E-state index < -0.39 is 0 Å². The van der Waals surface area contributed by atoms with Crippen LogP contribution in [0.3, 0.4) is 0 Å². The summed E-state index contributed by atoms with van der Waals surface area (Å²) in [6.07, 6.45) is 3.88. The highest BCUT2D eigenvalue weighted by Crippen LogP contribution is 2.28. The Morgan fingerprint density at radius 1 is 1.25 bits per heavy atom. The predicted octanol–water partition coefficient (Wildman–Crippen LogP) is 2.49. The van der Waals surface area contributed by atoms with Gasteiger partial charge in [0.2, 0.25) is 0 Å². The molecular formula is C14H20N2. The lowest BCUT2D eigenvalue weighted by molar-refractivity contribution is 0.541. The van der Waals surface area contributed by atoms with Crippen LogP contribution in [0.25, 0.3) is 0 Å². The van der Waals surface area contributed by atoms with Crippen molar-refractivity contribution in [3.05, 3.63) is 29.3 Å². The molecule has 1 atom stereocenters. The first kappa shape index (κ1) is 10.2. The molecule has 0 aromatic heterocycles. The van der Waals surface area contributed by atoms with Crippen LogP contribution in [0.2, 0.25) is 0 Å². The maximum atomic E-state index is 3.54. The fraction of sp³-hybridized carbons (Fsp3) is 0.571. The van der Waals surface area contributed by atoms with Gasteiger partial charge in [-0.15, -0.1) is 0 Å². The normalized spacial score (nSPS) is 24.6. The van der Waals surface area contributed by atoms with Gasteiger partial charge in [0.1, 0.15) is 0 Å². The summed E-state index contributed by atoms with van der Waals surface area (Å²) in [5.41, 5.74) is 4.47. The molecule has 2 aliphatic rings. The van der Waals surface area contributed by atoms with Gasteiger partial charge in [-0.3, -0.25) is 0 Å². The maximum absolute atomic E-state index is 3.54. The summed E-state index contributed by atoms with van der Waals surface area (Å²) in [5, 5.41) is 3.54. The first-order chi connectivity index (χ1) is 7.84. The average Bonchev–Trinajstić information content (AvgIpc) is 2.83. The van der Waals surface area contributed by atoms with Crippen molar-refractivity contribution in [2.45, 2.75) is 32.2 Å². The molecule has 1 fully saturated rings. The monoisotopic (exact) mass is 216 g/mol. The van der Waals surface area contributed by atoms with E-state index in [9.17, 15) is 0 Å². The van der Waals surface area contributed by atoms with Gasteiger partial charge in [-0.25, -0.2) is 0 Å². The van der Waals surface area contributed by atoms with Gasteiger partial charge in [0, 0.05) is 24.8 Å². The van der Waals surface area contributed by atoms with Gasteiger partial charge in [-0.05, 0) is 56.0 Å². The molecule has 1 N–H and O–H groups in total. The Balaban J connectivity index is 1.93. The molecule has 1 unspecified atom stereocenters. The van der Waals surface area contributed by atoms with Crippen LogP contribution in [0.4, 0.5) is 5.69 Å². The molecule has 1 saturated heterocycles. The van der Waals surface area contributed by atoms with Gasteiger partial charge >= 0.3 is 0 Å². The number of anilines is 1. The standard InChI is InChI=1S/C14H20N2/c1-11-14-10-13(16-8-2-3-9-16)5-4-12(14)6-7-15-11/h4-5,10-11,15H,2-3,6-9H2,1H3. The van der Waals surface area contributed by atoms with Crippen molar-refractivity contribution >= 4 is 5.69 Å². The first-order valence-corrected chi connectivity index (χ1v) is 6.46. The van der Waals surface area contributed by atoms with Crippen molar-refractivity contribution in [3.63, 3.8) is 0 Å². The highest BCUT2D eigenvalue weighted by atomic mass is 15.1. The topological polar surface area (TPSA) is 15.3 Å². The molecule has 86 valence electrons. The van der Waals surface area contributed by atoms with Crippen LogP contribution in [0.1, 0.15) is 36.9 Å². The molecule has 2 heteroatoms. The molecular weight excluding hydrogens is 196 g/mol. The molecule has 3 rings (SSSR count). The fourth-order valence-electron chi connectivity index (χ4n) is 2.92. The minimum atomic E-state index is 0.520. The zero-order valence-corrected chi connectivity index (χ0v) is 10.00. The van der Waals surface area contributed by atoms with Gasteiger partial charge in [0.05, 0.1) is 0 Å². The number of benzene rings is 1. The van der Waals surface area contributed by atoms with Crippen molar-refractivity contribution in [2.24, 2.45) is 0 Å². The Hall–Kier alpha value is -1.02. The Morgan fingerprint density at radius 2 is 2.06 bits per heavy atom. The number of nitrogens with zero attached hydrogens (tertiary/aromatic N) is 1. The SMILES string of the molecule is CC1NCCc2ccc(N3CCCC3)cc21. The summed E-state index contributed by atoms with van der Waals surface area (Å²) in [7, 11) is 0. The second kappa shape index (κ2) is 4.10. The minimum absolute atomic E-state index is 0.520. The van der Waals surface area contributed by atoms with E-state index in [1.165, 1.54) is 49.2 Å². The van der Waals surface area contributed by atoms with Crippen molar-refractivity contribution in [3.8, 4) is 0 Å². The van der Waals surface area contributed by atoms with Crippen LogP contribution in [-0.2, 0) is 6.42 Å². The van der Waals surface area contributed by atoms with Crippen LogP contribution >= 0.6 is 0 Å². The Morgan fingerprint density at radius 3 is 2.88 bits per heavy atom. The Labute approximate surface area is 97.6 Å². The lowest BCUT2D eigenvalue weighted by Crippen LogP contribution is -2.28. The Bertz CT molecular complexity index is 380. The number of hydrogen-bond donors (Lipinski definition) is 1. The fourth-order valence-corrected chi connectivity index (χ4v) is 2.92. The van der Waals surface area contributed by atoms with Crippen LogP contribution < -0.4 is 10.2 Å².